The molecule has 1 aromatic rings. The summed E-state index contributed by atoms with van der Waals surface area (Å²) in [6.07, 6.45) is 17.4. The smallest absolute Gasteiger partial charge is 0.313 e. The number of aromatic nitrogens is 1. The third-order valence-corrected chi connectivity index (χ3v) is 17.5. The number of β-amino-alcohol motifs (C(OH)–C–C–N with tert-alkyl or cyclic N) is 1. The van der Waals surface area contributed by atoms with E-state index in [-0.39, 0.29) is 51.9 Å². The number of hydrogen-bond donors (Lipinski definition) is 5. The third kappa shape index (κ3) is 6.16. The van der Waals surface area contributed by atoms with Gasteiger partial charge in [-0.25, -0.2) is 4.98 Å². The molecule has 0 aromatic carbocycles. The first-order chi connectivity index (χ1) is 25.9. The number of rotatable bonds is 11. The van der Waals surface area contributed by atoms with Crippen LogP contribution in [0.3, 0.4) is 0 Å². The second-order valence-corrected chi connectivity index (χ2v) is 20.1. The number of aliphatic hydroxyl groups excluding tert-OH is 2. The Morgan fingerprint density at radius 1 is 1.00 bits per heavy atom. The lowest BCUT2D eigenvalue weighted by molar-refractivity contribution is -0.221. The number of pyridine rings is 1. The van der Waals surface area contributed by atoms with Crippen molar-refractivity contribution < 1.29 is 29.6 Å². The van der Waals surface area contributed by atoms with E-state index in [0.717, 1.165) is 25.7 Å². The van der Waals surface area contributed by atoms with Crippen molar-refractivity contribution in [1.82, 2.24) is 10.3 Å². The maximum Gasteiger partial charge on any atom is 0.313 e. The van der Waals surface area contributed by atoms with E-state index in [4.69, 9.17) is 10.5 Å². The lowest BCUT2D eigenvalue weighted by atomic mass is 9.33. The largest absolute Gasteiger partial charge is 0.481 e. The van der Waals surface area contributed by atoms with Crippen molar-refractivity contribution in [3.8, 4) is 5.88 Å². The van der Waals surface area contributed by atoms with Crippen molar-refractivity contribution >= 4 is 11.9 Å². The van der Waals surface area contributed by atoms with E-state index in [1.54, 1.807) is 12.1 Å². The minimum Gasteiger partial charge on any atom is -0.481 e. The lowest BCUT2D eigenvalue weighted by Crippen LogP contribution is -2.68. The average Bonchev–Trinajstić information content (AvgIpc) is 3.54. The molecule has 0 radical (unpaired) electrons. The molecule has 6 N–H and O–H groups in total. The van der Waals surface area contributed by atoms with Gasteiger partial charge in [-0.3, -0.25) is 9.59 Å². The molecule has 0 bridgehead atoms. The maximum atomic E-state index is 12.8. The predicted octanol–water partition coefficient (Wildman–Crippen LogP) is 7.63. The molecule has 4 saturated carbocycles. The van der Waals surface area contributed by atoms with Crippen LogP contribution in [0, 0.1) is 56.7 Å². The van der Waals surface area contributed by atoms with Gasteiger partial charge in [-0.05, 0) is 159 Å². The van der Waals surface area contributed by atoms with Crippen LogP contribution >= 0.6 is 0 Å². The van der Waals surface area contributed by atoms with Crippen LogP contribution in [0.25, 0.3) is 0 Å². The molecule has 0 saturated heterocycles. The summed E-state index contributed by atoms with van der Waals surface area (Å²) >= 11 is 0. The molecule has 1 amide bonds. The van der Waals surface area contributed by atoms with Gasteiger partial charge in [0.15, 0.2) is 0 Å². The van der Waals surface area contributed by atoms with Gasteiger partial charge in [0, 0.05) is 18.3 Å². The Labute approximate surface area is 328 Å². The Balaban J connectivity index is 1.13. The van der Waals surface area contributed by atoms with E-state index in [1.807, 2.05) is 0 Å². The molecule has 9 heteroatoms. The van der Waals surface area contributed by atoms with Crippen molar-refractivity contribution in [3.05, 3.63) is 59.3 Å². The molecule has 6 aliphatic rings. The number of hydrogen-bond acceptors (Lipinski definition) is 7. The van der Waals surface area contributed by atoms with E-state index in [0.29, 0.717) is 55.4 Å². The van der Waals surface area contributed by atoms with Crippen LogP contribution in [0.1, 0.15) is 129 Å². The van der Waals surface area contributed by atoms with E-state index in [2.05, 4.69) is 70.6 Å². The highest BCUT2D eigenvalue weighted by atomic mass is 16.5. The number of allylic oxidation sites excluding steroid dienone is 5. The number of carboxylic acid groups (broad SMARTS) is 1. The second-order valence-electron chi connectivity index (χ2n) is 20.1. The average molecular weight is 758 g/mol. The van der Waals surface area contributed by atoms with Crippen LogP contribution in [-0.4, -0.2) is 63.6 Å². The summed E-state index contributed by atoms with van der Waals surface area (Å²) < 4.78 is 5.92. The van der Waals surface area contributed by atoms with Gasteiger partial charge in [0.25, 0.3) is 5.91 Å². The highest BCUT2D eigenvalue weighted by molar-refractivity contribution is 5.95. The number of aliphatic hydroxyl groups is 2. The number of carbonyl (C=O) groups is 2. The summed E-state index contributed by atoms with van der Waals surface area (Å²) in [5.41, 5.74) is 9.02. The van der Waals surface area contributed by atoms with E-state index < -0.39 is 23.4 Å². The number of primary amides is 1. The minimum absolute atomic E-state index is 0.0122. The Morgan fingerprint density at radius 3 is 2.42 bits per heavy atom. The Bertz CT molecular complexity index is 1770. The zero-order chi connectivity index (χ0) is 39.8. The topological polar surface area (TPSA) is 155 Å². The van der Waals surface area contributed by atoms with Gasteiger partial charge in [0.1, 0.15) is 17.6 Å². The molecule has 11 atom stereocenters. The zero-order valence-corrected chi connectivity index (χ0v) is 34.3. The maximum absolute atomic E-state index is 12.8. The second kappa shape index (κ2) is 14.1. The van der Waals surface area contributed by atoms with Gasteiger partial charge in [0.2, 0.25) is 5.88 Å². The quantitative estimate of drug-likeness (QED) is 0.144. The Morgan fingerprint density at radius 2 is 1.76 bits per heavy atom. The molecule has 1 aromatic heterocycles. The number of carboxylic acids is 1. The van der Waals surface area contributed by atoms with Gasteiger partial charge in [-0.15, -0.1) is 0 Å². The third-order valence-electron chi connectivity index (χ3n) is 17.5. The van der Waals surface area contributed by atoms with Gasteiger partial charge in [0.05, 0.1) is 12.7 Å². The number of nitrogens with two attached hydrogens (primary N) is 1. The minimum atomic E-state index is -1.11. The van der Waals surface area contributed by atoms with Crippen molar-refractivity contribution in [2.75, 3.05) is 19.8 Å². The van der Waals surface area contributed by atoms with Gasteiger partial charge < -0.3 is 31.1 Å². The number of nitrogens with one attached hydrogen (secondary N) is 1. The molecule has 0 unspecified atom stereocenters. The van der Waals surface area contributed by atoms with Gasteiger partial charge in [-0.2, -0.15) is 0 Å². The van der Waals surface area contributed by atoms with Crippen molar-refractivity contribution in [2.24, 2.45) is 62.4 Å². The number of aliphatic carboxylic acids is 1. The molecule has 6 aliphatic carbocycles. The molecule has 4 fully saturated rings. The number of nitrogens with zero attached hydrogens (tertiary/aromatic N) is 1. The highest BCUT2D eigenvalue weighted by Gasteiger charge is 2.70. The standard InChI is InChI=1S/C46H67N3O6/c1-28(2)31-14-21-46(49-25-30(51)26-50)23-22-43(6)34(37(31)46)10-11-36-42(5)17-15-33(41(3,4)35(42)16-18-44(36,43)7)29-12-19-45(20-13-29,40(53)54)27-55-39-32(38(47)52)9-8-24-48-39/h8-9,12,15,24,30-31,34-37,49-51H,1,10-11,13-14,16-23,25-27H2,2-7H3,(H2,47,52)(H,53,54)/t30-,31-,34+,35-,36+,37+,42-,43+,44+,45-,46-/m0/s1. The van der Waals surface area contributed by atoms with Crippen molar-refractivity contribution in [1.29, 1.82) is 0 Å². The monoisotopic (exact) mass is 758 g/mol. The van der Waals surface area contributed by atoms with Crippen molar-refractivity contribution in [2.45, 2.75) is 130 Å². The summed E-state index contributed by atoms with van der Waals surface area (Å²) in [6, 6.07) is 3.16. The van der Waals surface area contributed by atoms with E-state index >= 15 is 0 Å². The first-order valence-electron chi connectivity index (χ1n) is 21.1. The summed E-state index contributed by atoms with van der Waals surface area (Å²) in [5, 5.41) is 34.4. The SMILES string of the molecule is C=C(C)[C@@H]1CC[C@]2(NC[C@H](O)CO)CC[C@]3(C)[C@H](CC[C@@H]4[C@@]5(C)CC=C(C6=CC[C@](COc7ncccc7C(N)=O)(C(=O)O)CC6)C(C)(C)[C@@H]5CC[C@]43C)[C@@H]12. The van der Waals surface area contributed by atoms with E-state index in [1.165, 1.54) is 55.0 Å². The first-order valence-corrected chi connectivity index (χ1v) is 21.1. The van der Waals surface area contributed by atoms with Crippen LogP contribution in [0.2, 0.25) is 0 Å². The fourth-order valence-electron chi connectivity index (χ4n) is 14.4. The fraction of sp³-hybridized carbons (Fsp3) is 0.717. The molecular weight excluding hydrogens is 691 g/mol. The zero-order valence-electron chi connectivity index (χ0n) is 34.3. The molecule has 0 aliphatic heterocycles. The van der Waals surface area contributed by atoms with Gasteiger partial charge >= 0.3 is 5.97 Å². The first kappa shape index (κ1) is 40.2. The Hall–Kier alpha value is -3.01. The number of fused-ring (bicyclic) bond motifs is 7. The summed E-state index contributed by atoms with van der Waals surface area (Å²) in [5.74, 6) is 1.20. The molecule has 55 heavy (non-hydrogen) atoms. The Kier molecular flexibility index (Phi) is 10.3. The predicted molar refractivity (Wildman–Crippen MR) is 214 cm³/mol. The number of ether oxygens (including phenoxy) is 1. The fourth-order valence-corrected chi connectivity index (χ4v) is 14.4. The van der Waals surface area contributed by atoms with Crippen molar-refractivity contribution in [3.63, 3.8) is 0 Å². The van der Waals surface area contributed by atoms with Gasteiger partial charge in [-0.1, -0.05) is 58.9 Å². The molecule has 7 rings (SSSR count). The summed E-state index contributed by atoms with van der Waals surface area (Å²) in [6.45, 7) is 19.7. The van der Waals surface area contributed by atoms with Crippen LogP contribution < -0.4 is 15.8 Å². The summed E-state index contributed by atoms with van der Waals surface area (Å²) in [7, 11) is 0. The number of amides is 1. The molecule has 302 valence electrons. The van der Waals surface area contributed by atoms with Crippen LogP contribution in [0.15, 0.2) is 53.8 Å². The van der Waals surface area contributed by atoms with E-state index in [9.17, 15) is 24.9 Å². The normalized spacial score (nSPS) is 41.0. The van der Waals surface area contributed by atoms with Crippen LogP contribution in [-0.2, 0) is 4.79 Å². The summed E-state index contributed by atoms with van der Waals surface area (Å²) in [4.78, 5) is 28.9. The molecule has 0 spiro atoms. The van der Waals surface area contributed by atoms with Crippen LogP contribution in [0.4, 0.5) is 0 Å². The molecular formula is C46H67N3O6. The lowest BCUT2D eigenvalue weighted by Gasteiger charge is -2.72. The molecule has 9 nitrogen and oxygen atoms in total. The number of carbonyl (C=O) groups excluding carboxylic acids is 1. The highest BCUT2D eigenvalue weighted by Crippen LogP contribution is 2.76. The van der Waals surface area contributed by atoms with Crippen LogP contribution in [0.5, 0.6) is 5.88 Å². The molecule has 1 heterocycles.